The van der Waals surface area contributed by atoms with Gasteiger partial charge in [-0.2, -0.15) is 4.98 Å². The Hall–Kier alpha value is -2.37. The molecule has 2 rings (SSSR count). The lowest BCUT2D eigenvalue weighted by atomic mass is 9.99. The highest BCUT2D eigenvalue weighted by molar-refractivity contribution is 5.79. The van der Waals surface area contributed by atoms with E-state index in [2.05, 4.69) is 63.9 Å². The van der Waals surface area contributed by atoms with E-state index in [1.165, 1.54) is 11.1 Å². The van der Waals surface area contributed by atoms with Crippen LogP contribution < -0.4 is 10.6 Å². The molecule has 1 atom stereocenters. The number of nitrogens with one attached hydrogen (secondary N) is 2. The van der Waals surface area contributed by atoms with Crippen LogP contribution in [0.15, 0.2) is 33.8 Å². The summed E-state index contributed by atoms with van der Waals surface area (Å²) in [7, 11) is 1.74. The molecule has 1 heterocycles. The summed E-state index contributed by atoms with van der Waals surface area (Å²) in [5.41, 5.74) is 2.59. The highest BCUT2D eigenvalue weighted by Gasteiger charge is 2.08. The molecule has 0 saturated carbocycles. The number of guanidine groups is 1. The normalized spacial score (nSPS) is 13.0. The molecule has 6 heteroatoms. The topological polar surface area (TPSA) is 75.3 Å². The summed E-state index contributed by atoms with van der Waals surface area (Å²) in [6, 6.07) is 8.56. The van der Waals surface area contributed by atoms with E-state index in [9.17, 15) is 0 Å². The first kappa shape index (κ1) is 16.0. The third-order valence-electron chi connectivity index (χ3n) is 3.39. The second-order valence-electron chi connectivity index (χ2n) is 5.35. The Morgan fingerprint density at radius 2 is 2.14 bits per heavy atom. The third-order valence-corrected chi connectivity index (χ3v) is 3.39. The first-order valence-corrected chi connectivity index (χ1v) is 7.38. The molecule has 0 fully saturated rings. The molecule has 1 aromatic carbocycles. The quantitative estimate of drug-likeness (QED) is 0.654. The molecule has 118 valence electrons. The largest absolute Gasteiger partial charge is 0.356 e. The molecule has 0 aliphatic heterocycles. The molecule has 0 spiro atoms. The molecule has 0 amide bonds. The van der Waals surface area contributed by atoms with Gasteiger partial charge in [-0.1, -0.05) is 41.9 Å². The van der Waals surface area contributed by atoms with Gasteiger partial charge in [-0.15, -0.1) is 0 Å². The fourth-order valence-electron chi connectivity index (χ4n) is 2.14. The molecule has 22 heavy (non-hydrogen) atoms. The van der Waals surface area contributed by atoms with Crippen molar-refractivity contribution in [1.82, 2.24) is 20.8 Å². The summed E-state index contributed by atoms with van der Waals surface area (Å²) in [4.78, 5) is 8.35. The number of benzene rings is 1. The maximum absolute atomic E-state index is 4.94. The van der Waals surface area contributed by atoms with Crippen molar-refractivity contribution < 1.29 is 4.52 Å². The van der Waals surface area contributed by atoms with Crippen LogP contribution in [0.5, 0.6) is 0 Å². The van der Waals surface area contributed by atoms with Crippen LogP contribution in [0.1, 0.15) is 35.7 Å². The van der Waals surface area contributed by atoms with Crippen molar-refractivity contribution in [2.45, 2.75) is 33.2 Å². The van der Waals surface area contributed by atoms with Crippen LogP contribution in [0.25, 0.3) is 0 Å². The van der Waals surface area contributed by atoms with Crippen LogP contribution in [0.4, 0.5) is 0 Å². The van der Waals surface area contributed by atoms with Crippen molar-refractivity contribution in [3.05, 3.63) is 47.1 Å². The number of rotatable bonds is 5. The lowest BCUT2D eigenvalue weighted by Crippen LogP contribution is -2.38. The van der Waals surface area contributed by atoms with E-state index < -0.39 is 0 Å². The van der Waals surface area contributed by atoms with E-state index in [-0.39, 0.29) is 0 Å². The number of aliphatic imine (C=N–C) groups is 1. The minimum atomic E-state index is 0.394. The van der Waals surface area contributed by atoms with Gasteiger partial charge in [-0.05, 0) is 18.4 Å². The van der Waals surface area contributed by atoms with Crippen molar-refractivity contribution in [2.24, 2.45) is 4.99 Å². The predicted octanol–water partition coefficient (Wildman–Crippen LogP) is 2.16. The zero-order valence-corrected chi connectivity index (χ0v) is 13.6. The monoisotopic (exact) mass is 301 g/mol. The molecule has 6 nitrogen and oxygen atoms in total. The zero-order chi connectivity index (χ0) is 15.9. The van der Waals surface area contributed by atoms with Crippen molar-refractivity contribution in [2.75, 3.05) is 13.6 Å². The van der Waals surface area contributed by atoms with Gasteiger partial charge in [0.05, 0.1) is 6.54 Å². The van der Waals surface area contributed by atoms with Gasteiger partial charge in [0.2, 0.25) is 5.89 Å². The lowest BCUT2D eigenvalue weighted by Gasteiger charge is -2.16. The van der Waals surface area contributed by atoms with Crippen LogP contribution in [0, 0.1) is 13.8 Å². The molecular weight excluding hydrogens is 278 g/mol. The van der Waals surface area contributed by atoms with Gasteiger partial charge in [0, 0.05) is 20.5 Å². The van der Waals surface area contributed by atoms with Crippen LogP contribution in [0.3, 0.4) is 0 Å². The van der Waals surface area contributed by atoms with E-state index in [1.54, 1.807) is 14.0 Å². The van der Waals surface area contributed by atoms with Crippen molar-refractivity contribution in [3.8, 4) is 0 Å². The fraction of sp³-hybridized carbons (Fsp3) is 0.438. The van der Waals surface area contributed by atoms with Crippen LogP contribution in [0.2, 0.25) is 0 Å². The van der Waals surface area contributed by atoms with Gasteiger partial charge in [-0.25, -0.2) is 0 Å². The molecular formula is C16H23N5O. The minimum Gasteiger partial charge on any atom is -0.356 e. The van der Waals surface area contributed by atoms with E-state index in [4.69, 9.17) is 4.52 Å². The second kappa shape index (κ2) is 7.59. The Bertz CT molecular complexity index is 635. The van der Waals surface area contributed by atoms with Gasteiger partial charge in [0.15, 0.2) is 11.8 Å². The maximum atomic E-state index is 4.94. The first-order chi connectivity index (χ1) is 10.6. The fourth-order valence-corrected chi connectivity index (χ4v) is 2.14. The maximum Gasteiger partial charge on any atom is 0.223 e. The van der Waals surface area contributed by atoms with E-state index in [0.29, 0.717) is 24.2 Å². The Balaban J connectivity index is 1.83. The summed E-state index contributed by atoms with van der Waals surface area (Å²) in [5, 5.41) is 10.3. The molecule has 0 aliphatic carbocycles. The summed E-state index contributed by atoms with van der Waals surface area (Å²) >= 11 is 0. The lowest BCUT2D eigenvalue weighted by molar-refractivity contribution is 0.386. The van der Waals surface area contributed by atoms with Gasteiger partial charge >= 0.3 is 0 Å². The average Bonchev–Trinajstić information content (AvgIpc) is 2.92. The van der Waals surface area contributed by atoms with Crippen LogP contribution >= 0.6 is 0 Å². The molecule has 1 unspecified atom stereocenters. The van der Waals surface area contributed by atoms with Gasteiger partial charge in [0.25, 0.3) is 0 Å². The summed E-state index contributed by atoms with van der Waals surface area (Å²) in [6.45, 7) is 7.35. The second-order valence-corrected chi connectivity index (χ2v) is 5.35. The Labute approximate surface area is 131 Å². The molecule has 0 radical (unpaired) electrons. The Kier molecular flexibility index (Phi) is 5.52. The standard InChI is InChI=1S/C16H23N5O/c1-11-6-5-7-14(8-11)12(2)9-18-16(17-4)19-10-15-20-13(3)22-21-15/h5-8,12H,9-10H2,1-4H3,(H2,17,18,19). The van der Waals surface area contributed by atoms with E-state index in [0.717, 1.165) is 12.5 Å². The number of hydrogen-bond donors (Lipinski definition) is 2. The van der Waals surface area contributed by atoms with Crippen molar-refractivity contribution in [3.63, 3.8) is 0 Å². The van der Waals surface area contributed by atoms with Gasteiger partial charge < -0.3 is 15.2 Å². The molecule has 0 bridgehead atoms. The first-order valence-electron chi connectivity index (χ1n) is 7.38. The number of aromatic nitrogens is 2. The number of nitrogens with zero attached hydrogens (tertiary/aromatic N) is 3. The number of aryl methyl sites for hydroxylation is 2. The van der Waals surface area contributed by atoms with E-state index >= 15 is 0 Å². The Morgan fingerprint density at radius 1 is 1.32 bits per heavy atom. The van der Waals surface area contributed by atoms with Gasteiger partial charge in [-0.3, -0.25) is 4.99 Å². The van der Waals surface area contributed by atoms with Crippen molar-refractivity contribution in [1.29, 1.82) is 0 Å². The summed E-state index contributed by atoms with van der Waals surface area (Å²) in [6.07, 6.45) is 0. The molecule has 1 aromatic heterocycles. The van der Waals surface area contributed by atoms with Crippen LogP contribution in [-0.4, -0.2) is 29.7 Å². The van der Waals surface area contributed by atoms with E-state index in [1.807, 2.05) is 0 Å². The minimum absolute atomic E-state index is 0.394. The Morgan fingerprint density at radius 3 is 2.77 bits per heavy atom. The molecule has 0 saturated heterocycles. The highest BCUT2D eigenvalue weighted by atomic mass is 16.5. The van der Waals surface area contributed by atoms with Crippen LogP contribution in [-0.2, 0) is 6.54 Å². The smallest absolute Gasteiger partial charge is 0.223 e. The van der Waals surface area contributed by atoms with Gasteiger partial charge in [0.1, 0.15) is 0 Å². The summed E-state index contributed by atoms with van der Waals surface area (Å²) < 4.78 is 4.94. The number of hydrogen-bond acceptors (Lipinski definition) is 4. The predicted molar refractivity (Wildman–Crippen MR) is 86.8 cm³/mol. The molecule has 0 aliphatic rings. The summed E-state index contributed by atoms with van der Waals surface area (Å²) in [5.74, 6) is 2.30. The third kappa shape index (κ3) is 4.58. The highest BCUT2D eigenvalue weighted by Crippen LogP contribution is 2.15. The molecule has 2 aromatic rings. The zero-order valence-electron chi connectivity index (χ0n) is 13.6. The average molecular weight is 301 g/mol. The molecule has 2 N–H and O–H groups in total. The SMILES string of the molecule is CN=C(NCc1noc(C)n1)NCC(C)c1cccc(C)c1. The van der Waals surface area contributed by atoms with Crippen molar-refractivity contribution >= 4 is 5.96 Å².